The van der Waals surface area contributed by atoms with Crippen molar-refractivity contribution >= 4 is 5.91 Å². The van der Waals surface area contributed by atoms with E-state index in [0.29, 0.717) is 17.0 Å². The van der Waals surface area contributed by atoms with Gasteiger partial charge in [0.25, 0.3) is 5.91 Å². The van der Waals surface area contributed by atoms with Crippen LogP contribution >= 0.6 is 0 Å². The summed E-state index contributed by atoms with van der Waals surface area (Å²) in [5.74, 6) is -0.489. The van der Waals surface area contributed by atoms with E-state index in [-0.39, 0.29) is 2.85 Å². The Hall–Kier alpha value is -1.50. The van der Waals surface area contributed by atoms with E-state index in [4.69, 9.17) is 5.21 Å². The van der Waals surface area contributed by atoms with Crippen LogP contribution in [0.25, 0.3) is 0 Å². The van der Waals surface area contributed by atoms with Gasteiger partial charge in [0.15, 0.2) is 0 Å². The van der Waals surface area contributed by atoms with E-state index in [0.717, 1.165) is 30.8 Å². The smallest absolute Gasteiger partial charge is 0.276 e. The molecule has 3 aliphatic rings. The Morgan fingerprint density at radius 2 is 2.32 bits per heavy atom. The molecule has 1 aromatic heterocycles. The summed E-state index contributed by atoms with van der Waals surface area (Å²) in [5, 5.41) is 8.78. The molecule has 1 spiro atoms. The van der Waals surface area contributed by atoms with E-state index >= 15 is 0 Å². The first-order valence-corrected chi connectivity index (χ1v) is 9.43. The summed E-state index contributed by atoms with van der Waals surface area (Å²) in [5.41, 5.74) is 4.88. The van der Waals surface area contributed by atoms with Gasteiger partial charge in [-0.1, -0.05) is 0 Å². The van der Waals surface area contributed by atoms with Gasteiger partial charge in [-0.2, -0.15) is 0 Å². The zero-order valence-electron chi connectivity index (χ0n) is 15.0. The molecular weight excluding hydrogens is 316 g/mol. The Kier molecular flexibility index (Phi) is 4.52. The van der Waals surface area contributed by atoms with Crippen molar-refractivity contribution in [3.8, 4) is 0 Å². The van der Waals surface area contributed by atoms with Crippen molar-refractivity contribution in [1.29, 1.82) is 0 Å². The summed E-state index contributed by atoms with van der Waals surface area (Å²) in [6.45, 7) is 4.42. The number of hydrogen-bond acceptors (Lipinski definition) is 5. The van der Waals surface area contributed by atoms with Gasteiger partial charge in [0, 0.05) is 34.7 Å². The lowest BCUT2D eigenvalue weighted by atomic mass is 9.78. The Morgan fingerprint density at radius 3 is 3.12 bits per heavy atom. The van der Waals surface area contributed by atoms with Crippen LogP contribution in [0.3, 0.4) is 0 Å². The Morgan fingerprint density at radius 1 is 1.44 bits per heavy atom. The minimum atomic E-state index is -0.489. The van der Waals surface area contributed by atoms with Crippen LogP contribution in [-0.2, 0) is 13.0 Å². The van der Waals surface area contributed by atoms with Gasteiger partial charge < -0.3 is 4.90 Å². The Labute approximate surface area is 152 Å². The van der Waals surface area contributed by atoms with Crippen LogP contribution in [0.2, 0.25) is 0 Å². The van der Waals surface area contributed by atoms with Crippen molar-refractivity contribution in [2.75, 3.05) is 26.7 Å². The number of carbonyl (C=O) groups is 1. The summed E-state index contributed by atoms with van der Waals surface area (Å²) >= 11 is 0. The summed E-state index contributed by atoms with van der Waals surface area (Å²) in [6, 6.07) is 2.54. The third kappa shape index (κ3) is 3.30. The SMILES string of the molecule is CN1CCC[C@]2(CC[C@@H](N3CCc4cc(C(=O)NO)cnc4C3)C2)C1.[HH].[HH]. The highest BCUT2D eigenvalue weighted by molar-refractivity contribution is 5.93. The van der Waals surface area contributed by atoms with Crippen molar-refractivity contribution < 1.29 is 12.9 Å². The summed E-state index contributed by atoms with van der Waals surface area (Å²) in [6.07, 6.45) is 9.19. The summed E-state index contributed by atoms with van der Waals surface area (Å²) in [4.78, 5) is 21.2. The highest BCUT2D eigenvalue weighted by Gasteiger charge is 2.43. The predicted octanol–water partition coefficient (Wildman–Crippen LogP) is 2.32. The van der Waals surface area contributed by atoms with E-state index in [1.54, 1.807) is 11.7 Å². The summed E-state index contributed by atoms with van der Waals surface area (Å²) in [7, 11) is 2.26. The van der Waals surface area contributed by atoms with Crippen LogP contribution in [0, 0.1) is 5.41 Å². The number of carbonyl (C=O) groups excluding carboxylic acids is 1. The number of likely N-dealkylation sites (tertiary alicyclic amines) is 1. The first-order valence-electron chi connectivity index (χ1n) is 9.43. The molecule has 2 N–H and O–H groups in total. The number of rotatable bonds is 2. The summed E-state index contributed by atoms with van der Waals surface area (Å²) < 4.78 is 0. The molecule has 6 heteroatoms. The minimum Gasteiger partial charge on any atom is -0.306 e. The molecule has 0 aromatic carbocycles. The number of pyridine rings is 1. The van der Waals surface area contributed by atoms with Crippen molar-refractivity contribution in [2.45, 2.75) is 51.1 Å². The fourth-order valence-electron chi connectivity index (χ4n) is 5.25. The molecular formula is C19H32N4O2. The molecule has 0 unspecified atom stereocenters. The lowest BCUT2D eigenvalue weighted by molar-refractivity contribution is 0.0705. The number of nitrogens with zero attached hydrogens (tertiary/aromatic N) is 3. The second-order valence-corrected chi connectivity index (χ2v) is 8.23. The molecule has 2 fully saturated rings. The zero-order valence-corrected chi connectivity index (χ0v) is 15.0. The molecule has 2 aliphatic heterocycles. The van der Waals surface area contributed by atoms with Crippen molar-refractivity contribution in [2.24, 2.45) is 5.41 Å². The predicted molar refractivity (Wildman–Crippen MR) is 98.6 cm³/mol. The molecule has 1 saturated heterocycles. The molecule has 1 amide bonds. The second kappa shape index (κ2) is 6.67. The van der Waals surface area contributed by atoms with Crippen molar-refractivity contribution in [3.63, 3.8) is 0 Å². The van der Waals surface area contributed by atoms with Crippen molar-refractivity contribution in [1.82, 2.24) is 20.3 Å². The lowest BCUT2D eigenvalue weighted by Crippen LogP contribution is -2.42. The Balaban J connectivity index is 0.00000131. The first-order chi connectivity index (χ1) is 12.1. The van der Waals surface area contributed by atoms with Gasteiger partial charge >= 0.3 is 0 Å². The van der Waals surface area contributed by atoms with E-state index < -0.39 is 5.91 Å². The van der Waals surface area contributed by atoms with Crippen LogP contribution in [0.1, 0.15) is 56.6 Å². The second-order valence-electron chi connectivity index (χ2n) is 8.23. The van der Waals surface area contributed by atoms with E-state index in [1.165, 1.54) is 45.2 Å². The molecule has 140 valence electrons. The Bertz CT molecular complexity index is 675. The maximum atomic E-state index is 11.6. The first kappa shape index (κ1) is 16.9. The highest BCUT2D eigenvalue weighted by Crippen LogP contribution is 2.46. The molecule has 1 aliphatic carbocycles. The maximum absolute atomic E-state index is 11.6. The average Bonchev–Trinajstić information content (AvgIpc) is 3.03. The molecule has 2 atom stereocenters. The number of piperidine rings is 1. The van der Waals surface area contributed by atoms with Crippen LogP contribution in [0.15, 0.2) is 12.3 Å². The number of hydroxylamine groups is 1. The average molecular weight is 348 g/mol. The van der Waals surface area contributed by atoms with Gasteiger partial charge in [-0.25, -0.2) is 5.48 Å². The number of hydrogen-bond donors (Lipinski definition) is 2. The normalized spacial score (nSPS) is 30.4. The van der Waals surface area contributed by atoms with E-state index in [2.05, 4.69) is 21.8 Å². The van der Waals surface area contributed by atoms with Gasteiger partial charge in [-0.05, 0) is 69.2 Å². The lowest BCUT2D eigenvalue weighted by Gasteiger charge is -2.40. The molecule has 0 radical (unpaired) electrons. The highest BCUT2D eigenvalue weighted by atomic mass is 16.5. The van der Waals surface area contributed by atoms with E-state index in [1.807, 2.05) is 6.07 Å². The van der Waals surface area contributed by atoms with Gasteiger partial charge in [0.2, 0.25) is 0 Å². The van der Waals surface area contributed by atoms with Crippen molar-refractivity contribution in [3.05, 3.63) is 29.1 Å². The van der Waals surface area contributed by atoms with Gasteiger partial charge in [0.1, 0.15) is 0 Å². The maximum Gasteiger partial charge on any atom is 0.276 e. The number of amides is 1. The van der Waals surface area contributed by atoms with Gasteiger partial charge in [-0.3, -0.25) is 19.9 Å². The number of fused-ring (bicyclic) bond motifs is 1. The molecule has 4 rings (SSSR count). The number of aromatic nitrogens is 1. The van der Waals surface area contributed by atoms with E-state index in [9.17, 15) is 4.79 Å². The quantitative estimate of drug-likeness (QED) is 0.634. The molecule has 0 bridgehead atoms. The third-order valence-electron chi connectivity index (χ3n) is 6.49. The van der Waals surface area contributed by atoms with Crippen LogP contribution in [-0.4, -0.2) is 58.6 Å². The monoisotopic (exact) mass is 348 g/mol. The fourth-order valence-corrected chi connectivity index (χ4v) is 5.25. The standard InChI is InChI=1S/C19H28N4O2.2H2/c1-22-7-2-5-19(13-22)6-3-16(10-19)23-8-4-14-9-15(18(24)21-25)11-20-17(14)12-23;;/h9,11,16,25H,2-8,10,12-13H2,1H3,(H,21,24);2*1H/t16-,19-;;/m1../s1. The third-order valence-corrected chi connectivity index (χ3v) is 6.49. The minimum absolute atomic E-state index is 0. The van der Waals surface area contributed by atoms with Crippen LogP contribution in [0.4, 0.5) is 0 Å². The molecule has 3 heterocycles. The molecule has 6 nitrogen and oxygen atoms in total. The van der Waals surface area contributed by atoms with Crippen LogP contribution in [0.5, 0.6) is 0 Å². The van der Waals surface area contributed by atoms with Gasteiger partial charge in [0.05, 0.1) is 11.3 Å². The molecule has 25 heavy (non-hydrogen) atoms. The van der Waals surface area contributed by atoms with Gasteiger partial charge in [-0.15, -0.1) is 0 Å². The zero-order chi connectivity index (χ0) is 17.4. The van der Waals surface area contributed by atoms with Crippen LogP contribution < -0.4 is 5.48 Å². The molecule has 1 saturated carbocycles. The largest absolute Gasteiger partial charge is 0.306 e. The topological polar surface area (TPSA) is 68.7 Å². The number of nitrogens with one attached hydrogen (secondary N) is 1. The molecule has 1 aromatic rings. The fraction of sp³-hybridized carbons (Fsp3) is 0.684.